The third-order valence-corrected chi connectivity index (χ3v) is 4.92. The lowest BCUT2D eigenvalue weighted by molar-refractivity contribution is 0.0792. The Labute approximate surface area is 132 Å². The summed E-state index contributed by atoms with van der Waals surface area (Å²) in [6.07, 6.45) is 3.23. The van der Waals surface area contributed by atoms with Crippen LogP contribution < -0.4 is 5.73 Å². The minimum absolute atomic E-state index is 0.0406. The van der Waals surface area contributed by atoms with Crippen LogP contribution in [0.25, 0.3) is 0 Å². The molecule has 0 radical (unpaired) electrons. The fourth-order valence-corrected chi connectivity index (χ4v) is 3.55. The number of carbonyl (C=O) groups excluding carboxylic acids is 1. The van der Waals surface area contributed by atoms with Crippen LogP contribution in [0.15, 0.2) is 30.5 Å². The Balaban J connectivity index is 1.66. The van der Waals surface area contributed by atoms with Crippen molar-refractivity contribution in [1.82, 2.24) is 9.88 Å². The van der Waals surface area contributed by atoms with Crippen molar-refractivity contribution in [2.75, 3.05) is 19.6 Å². The molecule has 6 heteroatoms. The molecule has 2 aromatic rings. The molecule has 1 aliphatic rings. The topological polar surface area (TPSA) is 59.2 Å². The molecule has 3 rings (SSSR count). The monoisotopic (exact) mass is 319 g/mol. The molecule has 1 aromatic carbocycles. The minimum Gasteiger partial charge on any atom is -0.338 e. The van der Waals surface area contributed by atoms with Gasteiger partial charge in [-0.25, -0.2) is 9.37 Å². The molecule has 0 spiro atoms. The van der Waals surface area contributed by atoms with E-state index in [0.717, 1.165) is 30.1 Å². The maximum atomic E-state index is 12.9. The maximum absolute atomic E-state index is 12.9. The van der Waals surface area contributed by atoms with Gasteiger partial charge in [0.1, 0.15) is 10.7 Å². The molecule has 1 amide bonds. The largest absolute Gasteiger partial charge is 0.338 e. The zero-order valence-corrected chi connectivity index (χ0v) is 13.0. The first-order valence-corrected chi connectivity index (χ1v) is 8.16. The average molecular weight is 319 g/mol. The van der Waals surface area contributed by atoms with E-state index >= 15 is 0 Å². The number of benzene rings is 1. The Morgan fingerprint density at radius 1 is 1.41 bits per heavy atom. The molecule has 2 heterocycles. The fourth-order valence-electron chi connectivity index (χ4n) is 2.63. The second-order valence-corrected chi connectivity index (χ2v) is 6.68. The van der Waals surface area contributed by atoms with Crippen LogP contribution in [0.3, 0.4) is 0 Å². The van der Waals surface area contributed by atoms with Gasteiger partial charge >= 0.3 is 0 Å². The summed E-state index contributed by atoms with van der Waals surface area (Å²) in [5.41, 5.74) is 6.65. The average Bonchev–Trinajstić information content (AvgIpc) is 3.18. The van der Waals surface area contributed by atoms with Gasteiger partial charge in [0, 0.05) is 19.5 Å². The van der Waals surface area contributed by atoms with E-state index in [-0.39, 0.29) is 11.7 Å². The Bertz CT molecular complexity index is 656. The molecule has 0 aliphatic carbocycles. The van der Waals surface area contributed by atoms with Crippen LogP contribution in [0.1, 0.15) is 26.7 Å². The minimum atomic E-state index is -0.248. The third-order valence-electron chi connectivity index (χ3n) is 3.94. The normalized spacial score (nSPS) is 17.9. The summed E-state index contributed by atoms with van der Waals surface area (Å²) in [5.74, 6) is 0.205. The molecule has 4 nitrogen and oxygen atoms in total. The number of likely N-dealkylation sites (tertiary alicyclic amines) is 1. The summed E-state index contributed by atoms with van der Waals surface area (Å²) in [7, 11) is 0. The van der Waals surface area contributed by atoms with Gasteiger partial charge in [-0.3, -0.25) is 4.79 Å². The summed E-state index contributed by atoms with van der Waals surface area (Å²) in [6, 6.07) is 6.35. The smallest absolute Gasteiger partial charge is 0.265 e. The van der Waals surface area contributed by atoms with E-state index in [1.165, 1.54) is 23.5 Å². The van der Waals surface area contributed by atoms with E-state index in [0.29, 0.717) is 23.8 Å². The Morgan fingerprint density at radius 3 is 2.86 bits per heavy atom. The quantitative estimate of drug-likeness (QED) is 0.940. The summed E-state index contributed by atoms with van der Waals surface area (Å²) < 4.78 is 12.9. The standard InChI is InChI=1S/C16H18FN3OS/c17-13-3-1-11(2-4-13)7-15-19-9-14(22-15)16(21)20-6-5-12(8-18)10-20/h1-4,9,12H,5-8,10,18H2. The van der Waals surface area contributed by atoms with Crippen LogP contribution in [-0.4, -0.2) is 35.4 Å². The number of nitrogens with two attached hydrogens (primary N) is 1. The number of hydrogen-bond acceptors (Lipinski definition) is 4. The number of nitrogens with zero attached hydrogens (tertiary/aromatic N) is 2. The number of aromatic nitrogens is 1. The summed E-state index contributed by atoms with van der Waals surface area (Å²) in [6.45, 7) is 2.13. The van der Waals surface area contributed by atoms with Crippen molar-refractivity contribution in [1.29, 1.82) is 0 Å². The van der Waals surface area contributed by atoms with Gasteiger partial charge in [-0.2, -0.15) is 0 Å². The highest BCUT2D eigenvalue weighted by Gasteiger charge is 2.27. The second kappa shape index (κ2) is 6.54. The van der Waals surface area contributed by atoms with E-state index < -0.39 is 0 Å². The summed E-state index contributed by atoms with van der Waals surface area (Å²) >= 11 is 1.41. The number of carbonyl (C=O) groups is 1. The molecule has 1 unspecified atom stereocenters. The van der Waals surface area contributed by atoms with E-state index in [1.54, 1.807) is 18.3 Å². The zero-order valence-electron chi connectivity index (χ0n) is 12.2. The van der Waals surface area contributed by atoms with Crippen molar-refractivity contribution in [3.8, 4) is 0 Å². The highest BCUT2D eigenvalue weighted by Crippen LogP contribution is 2.22. The van der Waals surface area contributed by atoms with Crippen LogP contribution in [0.5, 0.6) is 0 Å². The van der Waals surface area contributed by atoms with Crippen molar-refractivity contribution in [2.45, 2.75) is 12.8 Å². The second-order valence-electron chi connectivity index (χ2n) is 5.56. The molecule has 1 atom stereocenters. The molecular formula is C16H18FN3OS. The van der Waals surface area contributed by atoms with E-state index in [1.807, 2.05) is 4.90 Å². The van der Waals surface area contributed by atoms with Crippen LogP contribution in [0.4, 0.5) is 4.39 Å². The summed E-state index contributed by atoms with van der Waals surface area (Å²) in [5, 5.41) is 0.865. The summed E-state index contributed by atoms with van der Waals surface area (Å²) in [4.78, 5) is 19.3. The van der Waals surface area contributed by atoms with Crippen molar-refractivity contribution < 1.29 is 9.18 Å². The van der Waals surface area contributed by atoms with Gasteiger partial charge in [-0.1, -0.05) is 12.1 Å². The number of rotatable bonds is 4. The Kier molecular flexibility index (Phi) is 4.49. The highest BCUT2D eigenvalue weighted by molar-refractivity contribution is 7.13. The molecule has 22 heavy (non-hydrogen) atoms. The van der Waals surface area contributed by atoms with Crippen molar-refractivity contribution in [3.63, 3.8) is 0 Å². The molecule has 116 valence electrons. The third kappa shape index (κ3) is 3.34. The van der Waals surface area contributed by atoms with Crippen LogP contribution >= 0.6 is 11.3 Å². The SMILES string of the molecule is NCC1CCN(C(=O)c2cnc(Cc3ccc(F)cc3)s2)C1. The highest BCUT2D eigenvalue weighted by atomic mass is 32.1. The predicted octanol–water partition coefficient (Wildman–Crippen LogP) is 2.29. The molecule has 2 N–H and O–H groups in total. The van der Waals surface area contributed by atoms with Gasteiger partial charge in [-0.15, -0.1) is 11.3 Å². The van der Waals surface area contributed by atoms with E-state index in [4.69, 9.17) is 5.73 Å². The lowest BCUT2D eigenvalue weighted by Gasteiger charge is -2.14. The molecular weight excluding hydrogens is 301 g/mol. The van der Waals surface area contributed by atoms with Crippen molar-refractivity contribution in [3.05, 3.63) is 51.7 Å². The number of halogens is 1. The van der Waals surface area contributed by atoms with Crippen molar-refractivity contribution >= 4 is 17.2 Å². The van der Waals surface area contributed by atoms with Crippen molar-refractivity contribution in [2.24, 2.45) is 11.7 Å². The van der Waals surface area contributed by atoms with Gasteiger partial charge in [0.15, 0.2) is 0 Å². The van der Waals surface area contributed by atoms with E-state index in [9.17, 15) is 9.18 Å². The fraction of sp³-hybridized carbons (Fsp3) is 0.375. The molecule has 1 saturated heterocycles. The molecule has 0 saturated carbocycles. The van der Waals surface area contributed by atoms with Gasteiger partial charge in [-0.05, 0) is 36.6 Å². The van der Waals surface area contributed by atoms with Gasteiger partial charge < -0.3 is 10.6 Å². The first-order valence-electron chi connectivity index (χ1n) is 7.34. The lowest BCUT2D eigenvalue weighted by Crippen LogP contribution is -2.29. The van der Waals surface area contributed by atoms with Gasteiger partial charge in [0.25, 0.3) is 5.91 Å². The maximum Gasteiger partial charge on any atom is 0.265 e. The zero-order chi connectivity index (χ0) is 15.5. The van der Waals surface area contributed by atoms with Crippen LogP contribution in [0.2, 0.25) is 0 Å². The first kappa shape index (κ1) is 15.1. The predicted molar refractivity (Wildman–Crippen MR) is 84.4 cm³/mol. The molecule has 1 aliphatic heterocycles. The Morgan fingerprint density at radius 2 is 2.18 bits per heavy atom. The molecule has 0 bridgehead atoms. The Hall–Kier alpha value is -1.79. The van der Waals surface area contributed by atoms with Crippen LogP contribution in [-0.2, 0) is 6.42 Å². The molecule has 1 fully saturated rings. The van der Waals surface area contributed by atoms with Gasteiger partial charge in [0.05, 0.1) is 11.2 Å². The van der Waals surface area contributed by atoms with Crippen LogP contribution in [0, 0.1) is 11.7 Å². The number of hydrogen-bond donors (Lipinski definition) is 1. The van der Waals surface area contributed by atoms with Gasteiger partial charge in [0.2, 0.25) is 0 Å². The van der Waals surface area contributed by atoms with E-state index in [2.05, 4.69) is 4.98 Å². The molecule has 1 aromatic heterocycles. The number of amides is 1. The lowest BCUT2D eigenvalue weighted by atomic mass is 10.1. The first-order chi connectivity index (χ1) is 10.7. The number of thiazole rings is 1.